The minimum atomic E-state index is -2.80. The highest BCUT2D eigenvalue weighted by Crippen LogP contribution is 2.77. The van der Waals surface area contributed by atoms with Gasteiger partial charge in [0.2, 0.25) is 5.92 Å². The molecule has 0 bridgehead atoms. The van der Waals surface area contributed by atoms with E-state index in [1.165, 1.54) is 0 Å². The predicted octanol–water partition coefficient (Wildman–Crippen LogP) is 9.96. The number of carboxylic acid groups (broad SMARTS) is 1. The molecule has 3 unspecified atom stereocenters. The highest BCUT2D eigenvalue weighted by atomic mass is 19.3. The Balaban J connectivity index is 1.24. The molecule has 6 aliphatic carbocycles. The maximum absolute atomic E-state index is 14.2. The van der Waals surface area contributed by atoms with Gasteiger partial charge in [0.15, 0.2) is 0 Å². The van der Waals surface area contributed by atoms with Crippen LogP contribution in [0.2, 0.25) is 0 Å². The highest BCUT2D eigenvalue weighted by Gasteiger charge is 2.72. The zero-order valence-electron chi connectivity index (χ0n) is 29.5. The maximum atomic E-state index is 14.2. The summed E-state index contributed by atoms with van der Waals surface area (Å²) in [5.74, 6) is -3.17. The summed E-state index contributed by atoms with van der Waals surface area (Å²) in [4.78, 5) is 26.5. The van der Waals surface area contributed by atoms with Crippen molar-refractivity contribution < 1.29 is 28.2 Å². The molecule has 0 aliphatic heterocycles. The molecule has 6 rings (SSSR count). The molecule has 0 saturated heterocycles. The van der Waals surface area contributed by atoms with Crippen molar-refractivity contribution in [3.05, 3.63) is 12.2 Å². The molecule has 6 saturated carbocycles. The number of carbonyl (C=O) groups excluding carboxylic acids is 1. The number of alkyl halides is 2. The second kappa shape index (κ2) is 10.0. The minimum Gasteiger partial charge on any atom is -0.481 e. The van der Waals surface area contributed by atoms with Crippen LogP contribution in [0.3, 0.4) is 0 Å². The van der Waals surface area contributed by atoms with Crippen molar-refractivity contribution in [2.24, 2.45) is 73.9 Å². The first-order valence-corrected chi connectivity index (χ1v) is 18.1. The summed E-state index contributed by atoms with van der Waals surface area (Å²) in [5, 5.41) is 10.6. The Hall–Kier alpha value is -1.46. The molecule has 0 heterocycles. The first kappa shape index (κ1) is 33.4. The van der Waals surface area contributed by atoms with E-state index >= 15 is 0 Å². The lowest BCUT2D eigenvalue weighted by Gasteiger charge is -2.72. The summed E-state index contributed by atoms with van der Waals surface area (Å²) in [7, 11) is 0. The van der Waals surface area contributed by atoms with Gasteiger partial charge in [-0.05, 0) is 136 Å². The molecular formula is C39H60F2O4. The lowest BCUT2D eigenvalue weighted by Crippen LogP contribution is -2.67. The van der Waals surface area contributed by atoms with Crippen LogP contribution in [0.1, 0.15) is 133 Å². The standard InChI is InChI=1S/C39H60F2O4/c1-22(2)23-13-18-39(32(43)44)20-19-36(8)24(30(23)39)11-12-27-35(7)16-15-29(34(5,6)26(35)14-17-37(27,36)9)45-31(42)25-21-28(33(25,3)4)38(10,40)41/h23-30H,1,11-21H2,2-10H3,(H,43,44)/t23-,24?,25?,26-,27+,28+,29-,30?,35-,36+,37+,39-/m0/s1. The lowest BCUT2D eigenvalue weighted by molar-refractivity contribution is -0.253. The zero-order valence-corrected chi connectivity index (χ0v) is 29.5. The summed E-state index contributed by atoms with van der Waals surface area (Å²) >= 11 is 0. The Kier molecular flexibility index (Phi) is 7.46. The van der Waals surface area contributed by atoms with Gasteiger partial charge in [-0.15, -0.1) is 0 Å². The van der Waals surface area contributed by atoms with Gasteiger partial charge in [0.05, 0.1) is 11.3 Å². The summed E-state index contributed by atoms with van der Waals surface area (Å²) in [6.45, 7) is 23.2. The third kappa shape index (κ3) is 4.30. The van der Waals surface area contributed by atoms with Gasteiger partial charge in [0.1, 0.15) is 6.10 Å². The van der Waals surface area contributed by atoms with Gasteiger partial charge in [-0.2, -0.15) is 0 Å². The van der Waals surface area contributed by atoms with E-state index in [2.05, 4.69) is 48.1 Å². The molecule has 0 spiro atoms. The van der Waals surface area contributed by atoms with E-state index in [4.69, 9.17) is 4.74 Å². The number of hydrogen-bond donors (Lipinski definition) is 1. The van der Waals surface area contributed by atoms with E-state index in [1.807, 2.05) is 0 Å². The van der Waals surface area contributed by atoms with Crippen molar-refractivity contribution in [2.75, 3.05) is 0 Å². The Bertz CT molecular complexity index is 1270. The maximum Gasteiger partial charge on any atom is 0.309 e. The van der Waals surface area contributed by atoms with Gasteiger partial charge in [0, 0.05) is 11.3 Å². The second-order valence-electron chi connectivity index (χ2n) is 19.1. The number of halogens is 2. The van der Waals surface area contributed by atoms with Gasteiger partial charge in [0.25, 0.3) is 0 Å². The van der Waals surface area contributed by atoms with Crippen molar-refractivity contribution in [3.63, 3.8) is 0 Å². The molecule has 6 fully saturated rings. The smallest absolute Gasteiger partial charge is 0.309 e. The number of esters is 1. The number of hydrogen-bond acceptors (Lipinski definition) is 3. The first-order valence-electron chi connectivity index (χ1n) is 18.1. The number of ether oxygens (including phenoxy) is 1. The van der Waals surface area contributed by atoms with Gasteiger partial charge in [-0.25, -0.2) is 8.78 Å². The van der Waals surface area contributed by atoms with E-state index in [1.54, 1.807) is 13.8 Å². The van der Waals surface area contributed by atoms with Crippen molar-refractivity contribution in [1.29, 1.82) is 0 Å². The van der Waals surface area contributed by atoms with Crippen molar-refractivity contribution in [3.8, 4) is 0 Å². The molecule has 0 aromatic heterocycles. The van der Waals surface area contributed by atoms with Gasteiger partial charge in [-0.1, -0.05) is 60.6 Å². The minimum absolute atomic E-state index is 0.0761. The van der Waals surface area contributed by atoms with Gasteiger partial charge in [-0.3, -0.25) is 9.59 Å². The molecule has 254 valence electrons. The number of carboxylic acids is 1. The van der Waals surface area contributed by atoms with Crippen molar-refractivity contribution in [1.82, 2.24) is 0 Å². The van der Waals surface area contributed by atoms with Crippen LogP contribution in [0, 0.1) is 73.9 Å². The molecule has 6 heteroatoms. The monoisotopic (exact) mass is 630 g/mol. The largest absolute Gasteiger partial charge is 0.481 e. The normalized spacial score (nSPS) is 49.8. The lowest BCUT2D eigenvalue weighted by atomic mass is 9.32. The van der Waals surface area contributed by atoms with Crippen LogP contribution in [-0.4, -0.2) is 29.1 Å². The van der Waals surface area contributed by atoms with Crippen LogP contribution in [-0.2, 0) is 14.3 Å². The number of carbonyl (C=O) groups is 2. The zero-order chi connectivity index (χ0) is 33.3. The van der Waals surface area contributed by atoms with E-state index < -0.39 is 34.6 Å². The Morgan fingerprint density at radius 3 is 2.07 bits per heavy atom. The summed E-state index contributed by atoms with van der Waals surface area (Å²) in [5.41, 5.74) is -0.145. The molecule has 12 atom stereocenters. The van der Waals surface area contributed by atoms with E-state index in [-0.39, 0.29) is 46.1 Å². The fourth-order valence-electron chi connectivity index (χ4n) is 14.1. The van der Waals surface area contributed by atoms with Crippen LogP contribution in [0.4, 0.5) is 8.78 Å². The predicted molar refractivity (Wildman–Crippen MR) is 172 cm³/mol. The second-order valence-corrected chi connectivity index (χ2v) is 19.1. The molecule has 0 amide bonds. The van der Waals surface area contributed by atoms with Gasteiger partial charge < -0.3 is 9.84 Å². The van der Waals surface area contributed by atoms with Crippen LogP contribution >= 0.6 is 0 Å². The highest BCUT2D eigenvalue weighted by molar-refractivity contribution is 5.76. The van der Waals surface area contributed by atoms with Crippen LogP contribution in [0.5, 0.6) is 0 Å². The number of fused-ring (bicyclic) bond motifs is 7. The Morgan fingerprint density at radius 1 is 0.822 bits per heavy atom. The Labute approximate surface area is 270 Å². The summed E-state index contributed by atoms with van der Waals surface area (Å²) < 4.78 is 34.7. The van der Waals surface area contributed by atoms with Crippen molar-refractivity contribution in [2.45, 2.75) is 145 Å². The quantitative estimate of drug-likeness (QED) is 0.243. The van der Waals surface area contributed by atoms with Crippen molar-refractivity contribution >= 4 is 11.9 Å². The molecule has 4 nitrogen and oxygen atoms in total. The van der Waals surface area contributed by atoms with Gasteiger partial charge >= 0.3 is 11.9 Å². The third-order valence-electron chi connectivity index (χ3n) is 16.9. The van der Waals surface area contributed by atoms with E-state index in [0.717, 1.165) is 76.7 Å². The summed E-state index contributed by atoms with van der Waals surface area (Å²) in [6.07, 6.45) is 9.68. The van der Waals surface area contributed by atoms with Crippen LogP contribution in [0.25, 0.3) is 0 Å². The SMILES string of the molecule is C=C(C)[C@@H]1CC[C@]2(C(=O)O)CC[C@]3(C)C(CC[C@@H]4[C@@]5(C)CC[C@H](OC(=O)C6C[C@@H](C(C)(F)F)C6(C)C)C(C)(C)[C@@H]5CC[C@]43C)C12. The molecular weight excluding hydrogens is 570 g/mol. The molecule has 1 N–H and O–H groups in total. The van der Waals surface area contributed by atoms with E-state index in [0.29, 0.717) is 23.7 Å². The van der Waals surface area contributed by atoms with E-state index in [9.17, 15) is 23.5 Å². The Morgan fingerprint density at radius 2 is 1.49 bits per heavy atom. The molecule has 0 radical (unpaired) electrons. The average Bonchev–Trinajstić information content (AvgIpc) is 3.31. The van der Waals surface area contributed by atoms with Crippen LogP contribution in [0.15, 0.2) is 12.2 Å². The molecule has 0 aromatic carbocycles. The third-order valence-corrected chi connectivity index (χ3v) is 16.9. The fraction of sp³-hybridized carbons (Fsp3) is 0.897. The fourth-order valence-corrected chi connectivity index (χ4v) is 14.1. The number of rotatable bonds is 5. The molecule has 6 aliphatic rings. The van der Waals surface area contributed by atoms with Crippen LogP contribution < -0.4 is 0 Å². The molecule has 0 aromatic rings. The topological polar surface area (TPSA) is 63.6 Å². The molecule has 45 heavy (non-hydrogen) atoms. The number of allylic oxidation sites excluding steroid dienone is 1. The first-order chi connectivity index (χ1) is 20.6. The average molecular weight is 631 g/mol. The summed E-state index contributed by atoms with van der Waals surface area (Å²) in [6, 6.07) is 0. The number of aliphatic carboxylic acids is 1.